The van der Waals surface area contributed by atoms with Crippen LogP contribution in [-0.4, -0.2) is 44.4 Å². The van der Waals surface area contributed by atoms with Crippen molar-refractivity contribution in [2.75, 3.05) is 26.8 Å². The number of ether oxygens (including phenoxy) is 2. The van der Waals surface area contributed by atoms with Crippen LogP contribution in [0.25, 0.3) is 22.4 Å². The number of aryl methyl sites for hydroxylation is 1. The van der Waals surface area contributed by atoms with Gasteiger partial charge in [0.2, 0.25) is 0 Å². The van der Waals surface area contributed by atoms with Crippen LogP contribution in [-0.2, 0) is 16.0 Å². The number of alkyl carbamates (subject to hydrolysis) is 1. The largest absolute Gasteiger partial charge is 0.492 e. The molecule has 0 aliphatic carbocycles. The molecule has 8 nitrogen and oxygen atoms in total. The predicted molar refractivity (Wildman–Crippen MR) is 181 cm³/mol. The highest BCUT2D eigenvalue weighted by atomic mass is 16.5. The number of rotatable bonds is 13. The molecule has 0 aliphatic heterocycles. The molecule has 3 aromatic carbocycles. The van der Waals surface area contributed by atoms with Crippen molar-refractivity contribution in [2.24, 2.45) is 16.5 Å². The van der Waals surface area contributed by atoms with Crippen LogP contribution >= 0.6 is 0 Å². The van der Waals surface area contributed by atoms with E-state index in [9.17, 15) is 9.59 Å². The van der Waals surface area contributed by atoms with Crippen molar-refractivity contribution in [3.05, 3.63) is 102 Å². The van der Waals surface area contributed by atoms with E-state index < -0.39 is 6.09 Å². The number of nitrogens with two attached hydrogens (primary N) is 2. The minimum Gasteiger partial charge on any atom is -0.492 e. The number of nitrogens with zero attached hydrogens (tertiary/aromatic N) is 1. The van der Waals surface area contributed by atoms with Gasteiger partial charge in [0.1, 0.15) is 12.4 Å². The number of methoxy groups -OCH3 is 1. The highest BCUT2D eigenvalue weighted by Crippen LogP contribution is 2.28. The van der Waals surface area contributed by atoms with Crippen molar-refractivity contribution >= 4 is 28.9 Å². The molecular formula is C36H46N4O4. The molecule has 0 atom stereocenters. The van der Waals surface area contributed by atoms with E-state index in [1.54, 1.807) is 0 Å². The lowest BCUT2D eigenvalue weighted by Gasteiger charge is -2.13. The standard InChI is InChI=1S/C18H27N3O2.C18H19NO2/c1-4-5-13(2)21-17(12-20)18(14(3)22)15-6-8-16(9-7-15)23-11-10-19;1-4-14-9-11-15(12-10-14)17-8-6-5-7-16(17)13(2)19-18(20)21-3/h6-9H,4-5,10-12,19-20H2,1-3H3;5-12H,2,4H2,1,3H3,(H,19,20)/b18-17+,21-13?;. The Morgan fingerprint density at radius 1 is 0.932 bits per heavy atom. The van der Waals surface area contributed by atoms with Gasteiger partial charge < -0.3 is 20.9 Å². The van der Waals surface area contributed by atoms with Gasteiger partial charge in [0.05, 0.1) is 12.8 Å². The van der Waals surface area contributed by atoms with Gasteiger partial charge in [-0.15, -0.1) is 0 Å². The molecule has 8 heteroatoms. The van der Waals surface area contributed by atoms with E-state index >= 15 is 0 Å². The quantitative estimate of drug-likeness (QED) is 0.147. The first-order chi connectivity index (χ1) is 21.2. The lowest BCUT2D eigenvalue weighted by Crippen LogP contribution is -2.21. The number of hydrogen-bond donors (Lipinski definition) is 3. The van der Waals surface area contributed by atoms with Crippen molar-refractivity contribution in [1.29, 1.82) is 0 Å². The molecule has 0 fully saturated rings. The minimum atomic E-state index is -0.517. The van der Waals surface area contributed by atoms with Gasteiger partial charge in [-0.2, -0.15) is 0 Å². The Balaban J connectivity index is 0.000000308. The molecule has 234 valence electrons. The van der Waals surface area contributed by atoms with Crippen LogP contribution in [0.4, 0.5) is 4.79 Å². The smallest absolute Gasteiger partial charge is 0.411 e. The molecule has 0 bridgehead atoms. The first-order valence-electron chi connectivity index (χ1n) is 14.8. The van der Waals surface area contributed by atoms with Crippen molar-refractivity contribution in [3.8, 4) is 16.9 Å². The average Bonchev–Trinajstić information content (AvgIpc) is 3.04. The summed E-state index contributed by atoms with van der Waals surface area (Å²) < 4.78 is 10.1. The predicted octanol–water partition coefficient (Wildman–Crippen LogP) is 6.79. The van der Waals surface area contributed by atoms with Gasteiger partial charge in [-0.05, 0) is 61.1 Å². The molecule has 3 rings (SSSR count). The van der Waals surface area contributed by atoms with Crippen LogP contribution in [0.5, 0.6) is 5.75 Å². The van der Waals surface area contributed by atoms with Crippen molar-refractivity contribution < 1.29 is 19.1 Å². The summed E-state index contributed by atoms with van der Waals surface area (Å²) in [5, 5.41) is 2.62. The second kappa shape index (κ2) is 18.9. The topological polar surface area (TPSA) is 129 Å². The number of amides is 1. The van der Waals surface area contributed by atoms with Crippen LogP contribution in [0.2, 0.25) is 0 Å². The Morgan fingerprint density at radius 2 is 1.59 bits per heavy atom. The molecule has 0 unspecified atom stereocenters. The summed E-state index contributed by atoms with van der Waals surface area (Å²) in [6.45, 7) is 12.8. The SMILES string of the molecule is C=C(NC(=O)OC)c1ccccc1-c1ccc(CC)cc1.CCCC(C)=N/C(CN)=C(\C(C)=O)c1ccc(OCCN)cc1. The summed E-state index contributed by atoms with van der Waals surface area (Å²) in [4.78, 5) is 28.0. The lowest BCUT2D eigenvalue weighted by molar-refractivity contribution is -0.111. The Hall–Kier alpha value is -4.53. The number of nitrogens with one attached hydrogen (secondary N) is 1. The zero-order valence-electron chi connectivity index (χ0n) is 26.6. The summed E-state index contributed by atoms with van der Waals surface area (Å²) in [5.41, 5.74) is 19.0. The molecule has 0 spiro atoms. The number of carbonyl (C=O) groups excluding carboxylic acids is 2. The van der Waals surface area contributed by atoms with Crippen molar-refractivity contribution in [3.63, 3.8) is 0 Å². The Morgan fingerprint density at radius 3 is 2.14 bits per heavy atom. The van der Waals surface area contributed by atoms with Crippen LogP contribution < -0.4 is 21.5 Å². The summed E-state index contributed by atoms with van der Waals surface area (Å²) in [6.07, 6.45) is 2.39. The second-order valence-electron chi connectivity index (χ2n) is 10.0. The fraction of sp³-hybridized carbons (Fsp3) is 0.306. The first kappa shape index (κ1) is 35.7. The van der Waals surface area contributed by atoms with E-state index in [-0.39, 0.29) is 12.3 Å². The Kier molecular flexibility index (Phi) is 15.3. The van der Waals surface area contributed by atoms with Crippen LogP contribution in [0.15, 0.2) is 90.1 Å². The summed E-state index contributed by atoms with van der Waals surface area (Å²) in [5.74, 6) is 0.677. The Bertz CT molecular complexity index is 1440. The third-order valence-corrected chi connectivity index (χ3v) is 6.66. The molecule has 0 heterocycles. The molecule has 1 amide bonds. The third kappa shape index (κ3) is 10.9. The normalized spacial score (nSPS) is 11.5. The van der Waals surface area contributed by atoms with E-state index in [1.165, 1.54) is 19.6 Å². The molecule has 0 aromatic heterocycles. The number of hydrogen-bond acceptors (Lipinski definition) is 7. The van der Waals surface area contributed by atoms with Gasteiger partial charge >= 0.3 is 6.09 Å². The maximum Gasteiger partial charge on any atom is 0.411 e. The highest BCUT2D eigenvalue weighted by molar-refractivity contribution is 6.20. The molecule has 5 N–H and O–H groups in total. The fourth-order valence-corrected chi connectivity index (χ4v) is 4.48. The van der Waals surface area contributed by atoms with E-state index in [0.717, 1.165) is 53.0 Å². The Labute approximate surface area is 261 Å². The molecule has 0 aliphatic rings. The monoisotopic (exact) mass is 598 g/mol. The van der Waals surface area contributed by atoms with Gasteiger partial charge in [-0.3, -0.25) is 15.1 Å². The first-order valence-corrected chi connectivity index (χ1v) is 14.8. The number of ketones is 1. The van der Waals surface area contributed by atoms with Crippen molar-refractivity contribution in [1.82, 2.24) is 5.32 Å². The maximum atomic E-state index is 12.1. The van der Waals surface area contributed by atoms with Gasteiger partial charge in [-0.25, -0.2) is 4.79 Å². The van der Waals surface area contributed by atoms with E-state index in [0.29, 0.717) is 30.1 Å². The fourth-order valence-electron chi connectivity index (χ4n) is 4.48. The van der Waals surface area contributed by atoms with Crippen molar-refractivity contribution in [2.45, 2.75) is 47.0 Å². The molecule has 44 heavy (non-hydrogen) atoms. The summed E-state index contributed by atoms with van der Waals surface area (Å²) in [7, 11) is 1.33. The van der Waals surface area contributed by atoms with E-state index in [4.69, 9.17) is 16.2 Å². The lowest BCUT2D eigenvalue weighted by atomic mass is 9.97. The van der Waals surface area contributed by atoms with Gasteiger partial charge in [0, 0.05) is 35.6 Å². The number of benzene rings is 3. The maximum absolute atomic E-state index is 12.1. The second-order valence-corrected chi connectivity index (χ2v) is 10.0. The number of allylic oxidation sites excluding steroid dienone is 1. The van der Waals surface area contributed by atoms with Crippen LogP contribution in [0.3, 0.4) is 0 Å². The van der Waals surface area contributed by atoms with Gasteiger partial charge in [0.25, 0.3) is 0 Å². The molecule has 0 saturated heterocycles. The molecular weight excluding hydrogens is 552 g/mol. The molecule has 0 saturated carbocycles. The van der Waals surface area contributed by atoms with E-state index in [1.807, 2.05) is 55.5 Å². The van der Waals surface area contributed by atoms with Crippen LogP contribution in [0, 0.1) is 0 Å². The average molecular weight is 599 g/mol. The zero-order valence-corrected chi connectivity index (χ0v) is 26.6. The number of carbonyl (C=O) groups is 2. The third-order valence-electron chi connectivity index (χ3n) is 6.66. The number of aliphatic imine (C=N–C) groups is 1. The van der Waals surface area contributed by atoms with Gasteiger partial charge in [-0.1, -0.05) is 87.5 Å². The minimum absolute atomic E-state index is 0.0471. The molecule has 0 radical (unpaired) electrons. The summed E-state index contributed by atoms with van der Waals surface area (Å²) >= 11 is 0. The zero-order chi connectivity index (χ0) is 32.5. The van der Waals surface area contributed by atoms with E-state index in [2.05, 4.69) is 59.7 Å². The van der Waals surface area contributed by atoms with Gasteiger partial charge in [0.15, 0.2) is 5.78 Å². The molecule has 3 aromatic rings. The highest BCUT2D eigenvalue weighted by Gasteiger charge is 2.14. The van der Waals surface area contributed by atoms with Crippen LogP contribution in [0.1, 0.15) is 57.2 Å². The summed E-state index contributed by atoms with van der Waals surface area (Å²) in [6, 6.07) is 23.6. The number of Topliss-reactive ketones (excluding diaryl/α,β-unsaturated/α-hetero) is 1.